The first-order chi connectivity index (χ1) is 13.8. The maximum Gasteiger partial charge on any atom is 0.337 e. The number of carbonyl (C=O) groups is 2. The van der Waals surface area contributed by atoms with Crippen LogP contribution in [0.25, 0.3) is 11.1 Å². The number of hydrogen-bond donors (Lipinski definition) is 3. The van der Waals surface area contributed by atoms with E-state index in [2.05, 4.69) is 39.3 Å². The molecule has 3 heterocycles. The molecule has 1 aliphatic heterocycles. The smallest absolute Gasteiger partial charge is 0.337 e. The van der Waals surface area contributed by atoms with E-state index in [4.69, 9.17) is 0 Å². The number of nitrogens with one attached hydrogen (secondary N) is 2. The minimum absolute atomic E-state index is 0.122. The lowest BCUT2D eigenvalue weighted by atomic mass is 9.83. The van der Waals surface area contributed by atoms with Crippen molar-refractivity contribution < 1.29 is 14.7 Å². The summed E-state index contributed by atoms with van der Waals surface area (Å²) in [6.07, 6.45) is 6.83. The number of pyridine rings is 2. The van der Waals surface area contributed by atoms with E-state index >= 15 is 0 Å². The molecule has 3 N–H and O–H groups in total. The number of carbonyl (C=O) groups excluding carboxylic acids is 1. The van der Waals surface area contributed by atoms with Gasteiger partial charge in [-0.2, -0.15) is 0 Å². The summed E-state index contributed by atoms with van der Waals surface area (Å²) in [6.45, 7) is 8.58. The van der Waals surface area contributed by atoms with Gasteiger partial charge in [-0.25, -0.2) is 14.6 Å². The van der Waals surface area contributed by atoms with Gasteiger partial charge in [0.1, 0.15) is 5.82 Å². The van der Waals surface area contributed by atoms with Gasteiger partial charge >= 0.3 is 12.0 Å². The molecule has 1 aliphatic rings. The zero-order valence-corrected chi connectivity index (χ0v) is 17.0. The van der Waals surface area contributed by atoms with Crippen molar-refractivity contribution in [3.05, 3.63) is 36.3 Å². The fourth-order valence-corrected chi connectivity index (χ4v) is 3.65. The highest BCUT2D eigenvalue weighted by Crippen LogP contribution is 2.37. The Kier molecular flexibility index (Phi) is 6.00. The molecule has 0 atom stereocenters. The molecule has 0 radical (unpaired) electrons. The quantitative estimate of drug-likeness (QED) is 0.711. The molecule has 8 heteroatoms. The van der Waals surface area contributed by atoms with Crippen molar-refractivity contribution in [1.29, 1.82) is 0 Å². The highest BCUT2D eigenvalue weighted by molar-refractivity contribution is 5.92. The molecule has 0 spiro atoms. The van der Waals surface area contributed by atoms with E-state index in [0.29, 0.717) is 17.9 Å². The number of carboxylic acid groups (broad SMARTS) is 1. The molecule has 0 aromatic carbocycles. The number of aromatic carboxylic acids is 1. The van der Waals surface area contributed by atoms with Crippen LogP contribution in [0.2, 0.25) is 0 Å². The molecule has 3 rings (SSSR count). The van der Waals surface area contributed by atoms with Crippen LogP contribution in [0.15, 0.2) is 30.7 Å². The Morgan fingerprint density at radius 3 is 2.72 bits per heavy atom. The van der Waals surface area contributed by atoms with E-state index in [1.807, 2.05) is 13.0 Å². The maximum absolute atomic E-state index is 11.9. The van der Waals surface area contributed by atoms with E-state index < -0.39 is 5.97 Å². The van der Waals surface area contributed by atoms with Crippen LogP contribution in [0.5, 0.6) is 0 Å². The van der Waals surface area contributed by atoms with Crippen LogP contribution >= 0.6 is 0 Å². The number of carboxylic acids is 1. The normalized spacial score (nSPS) is 15.6. The Balaban J connectivity index is 2.04. The summed E-state index contributed by atoms with van der Waals surface area (Å²) in [5, 5.41) is 14.8. The first kappa shape index (κ1) is 20.6. The first-order valence-corrected chi connectivity index (χ1v) is 9.77. The molecule has 29 heavy (non-hydrogen) atoms. The standard InChI is InChI=1S/C21H27N5O3/c1-4-23-20(29)25-18-9-17(26-7-5-6-21(2,3)13-26)16(12-24-18)14-8-15(19(27)28)11-22-10-14/h8-12H,4-7,13H2,1-3H3,(H,27,28)(H2,23,24,25,29). The van der Waals surface area contributed by atoms with Crippen LogP contribution < -0.4 is 15.5 Å². The second kappa shape index (κ2) is 8.46. The molecule has 154 valence electrons. The van der Waals surface area contributed by atoms with E-state index in [9.17, 15) is 14.7 Å². The van der Waals surface area contributed by atoms with Gasteiger partial charge in [-0.3, -0.25) is 10.3 Å². The van der Waals surface area contributed by atoms with Gasteiger partial charge in [-0.15, -0.1) is 0 Å². The molecule has 2 amide bonds. The molecule has 2 aromatic heterocycles. The van der Waals surface area contributed by atoms with E-state index in [-0.39, 0.29) is 17.0 Å². The molecular formula is C21H27N5O3. The molecular weight excluding hydrogens is 370 g/mol. The Morgan fingerprint density at radius 2 is 2.03 bits per heavy atom. The minimum atomic E-state index is -1.03. The van der Waals surface area contributed by atoms with Crippen molar-refractivity contribution in [3.8, 4) is 11.1 Å². The second-order valence-electron chi connectivity index (χ2n) is 8.03. The third kappa shape index (κ3) is 5.01. The van der Waals surface area contributed by atoms with Gasteiger partial charge in [0.15, 0.2) is 0 Å². The van der Waals surface area contributed by atoms with Gasteiger partial charge in [0, 0.05) is 61.1 Å². The minimum Gasteiger partial charge on any atom is -0.478 e. The monoisotopic (exact) mass is 397 g/mol. The van der Waals surface area contributed by atoms with Gasteiger partial charge in [0.05, 0.1) is 5.56 Å². The van der Waals surface area contributed by atoms with Gasteiger partial charge in [-0.05, 0) is 31.2 Å². The molecule has 1 fully saturated rings. The maximum atomic E-state index is 11.9. The third-order valence-electron chi connectivity index (χ3n) is 5.00. The van der Waals surface area contributed by atoms with E-state index in [1.165, 1.54) is 6.20 Å². The second-order valence-corrected chi connectivity index (χ2v) is 8.03. The number of anilines is 2. The fraction of sp³-hybridized carbons (Fsp3) is 0.429. The van der Waals surface area contributed by atoms with E-state index in [1.54, 1.807) is 18.5 Å². The lowest BCUT2D eigenvalue weighted by molar-refractivity contribution is 0.0696. The van der Waals surface area contributed by atoms with Crippen molar-refractivity contribution in [2.75, 3.05) is 29.9 Å². The molecule has 0 unspecified atom stereocenters. The zero-order chi connectivity index (χ0) is 21.0. The summed E-state index contributed by atoms with van der Waals surface area (Å²) < 4.78 is 0. The van der Waals surface area contributed by atoms with Crippen LogP contribution in [-0.2, 0) is 0 Å². The Morgan fingerprint density at radius 1 is 1.24 bits per heavy atom. The predicted octanol–water partition coefficient (Wildman–Crippen LogP) is 3.61. The lowest BCUT2D eigenvalue weighted by Gasteiger charge is -2.40. The lowest BCUT2D eigenvalue weighted by Crippen LogP contribution is -2.40. The molecule has 1 saturated heterocycles. The number of amides is 2. The largest absolute Gasteiger partial charge is 0.478 e. The number of piperidine rings is 1. The summed E-state index contributed by atoms with van der Waals surface area (Å²) in [5.41, 5.74) is 2.66. The summed E-state index contributed by atoms with van der Waals surface area (Å²) in [5.74, 6) is -0.581. The predicted molar refractivity (Wildman–Crippen MR) is 112 cm³/mol. The molecule has 0 saturated carbocycles. The average Bonchev–Trinajstić information content (AvgIpc) is 2.67. The van der Waals surface area contributed by atoms with Gasteiger partial charge in [-0.1, -0.05) is 13.8 Å². The fourth-order valence-electron chi connectivity index (χ4n) is 3.65. The Bertz CT molecular complexity index is 913. The first-order valence-electron chi connectivity index (χ1n) is 9.77. The molecule has 2 aromatic rings. The molecule has 0 aliphatic carbocycles. The zero-order valence-electron chi connectivity index (χ0n) is 17.0. The van der Waals surface area contributed by atoms with Gasteiger partial charge < -0.3 is 15.3 Å². The van der Waals surface area contributed by atoms with Crippen molar-refractivity contribution in [3.63, 3.8) is 0 Å². The highest BCUT2D eigenvalue weighted by Gasteiger charge is 2.28. The summed E-state index contributed by atoms with van der Waals surface area (Å²) in [7, 11) is 0. The SMILES string of the molecule is CCNC(=O)Nc1cc(N2CCCC(C)(C)C2)c(-c2cncc(C(=O)O)c2)cn1. The highest BCUT2D eigenvalue weighted by atomic mass is 16.4. The van der Waals surface area contributed by atoms with Crippen LogP contribution in [0.4, 0.5) is 16.3 Å². The van der Waals surface area contributed by atoms with Crippen LogP contribution in [0, 0.1) is 5.41 Å². The molecule has 8 nitrogen and oxygen atoms in total. The number of hydrogen-bond acceptors (Lipinski definition) is 5. The average molecular weight is 397 g/mol. The van der Waals surface area contributed by atoms with Crippen molar-refractivity contribution in [2.45, 2.75) is 33.6 Å². The summed E-state index contributed by atoms with van der Waals surface area (Å²) in [4.78, 5) is 34.0. The van der Waals surface area contributed by atoms with Crippen molar-refractivity contribution in [2.24, 2.45) is 5.41 Å². The number of urea groups is 1. The summed E-state index contributed by atoms with van der Waals surface area (Å²) in [6, 6.07) is 3.13. The Labute approximate surface area is 170 Å². The van der Waals surface area contributed by atoms with Crippen LogP contribution in [-0.4, -0.2) is 46.7 Å². The number of nitrogens with zero attached hydrogens (tertiary/aromatic N) is 3. The number of aromatic nitrogens is 2. The van der Waals surface area contributed by atoms with Crippen LogP contribution in [0.1, 0.15) is 44.0 Å². The van der Waals surface area contributed by atoms with E-state index in [0.717, 1.165) is 37.2 Å². The topological polar surface area (TPSA) is 107 Å². The third-order valence-corrected chi connectivity index (χ3v) is 5.00. The summed E-state index contributed by atoms with van der Waals surface area (Å²) >= 11 is 0. The Hall–Kier alpha value is -3.16. The molecule has 0 bridgehead atoms. The van der Waals surface area contributed by atoms with Gasteiger partial charge in [0.2, 0.25) is 0 Å². The van der Waals surface area contributed by atoms with Crippen LogP contribution in [0.3, 0.4) is 0 Å². The number of rotatable bonds is 5. The van der Waals surface area contributed by atoms with Crippen molar-refractivity contribution >= 4 is 23.5 Å². The van der Waals surface area contributed by atoms with Crippen molar-refractivity contribution in [1.82, 2.24) is 15.3 Å². The van der Waals surface area contributed by atoms with Gasteiger partial charge in [0.25, 0.3) is 0 Å².